The van der Waals surface area contributed by atoms with Crippen molar-refractivity contribution in [2.75, 3.05) is 13.2 Å². The molecule has 2 atom stereocenters. The number of aliphatic hydroxyl groups excluding tert-OH is 2. The largest absolute Gasteiger partial charge is 0.466 e. The predicted octanol–water partition coefficient (Wildman–Crippen LogP) is 22.9. The van der Waals surface area contributed by atoms with Crippen molar-refractivity contribution in [2.45, 2.75) is 411 Å². The van der Waals surface area contributed by atoms with Crippen LogP contribution in [0, 0.1) is 0 Å². The van der Waals surface area contributed by atoms with Crippen LogP contribution in [0.25, 0.3) is 0 Å². The average Bonchev–Trinajstić information content (AvgIpc) is 3.44. The second-order valence-corrected chi connectivity index (χ2v) is 24.6. The Morgan fingerprint density at radius 1 is 0.346 bits per heavy atom. The first-order valence-corrected chi connectivity index (χ1v) is 35.6. The van der Waals surface area contributed by atoms with Crippen molar-refractivity contribution in [3.63, 3.8) is 0 Å². The molecule has 3 N–H and O–H groups in total. The summed E-state index contributed by atoms with van der Waals surface area (Å²) in [5.74, 6) is -0.0451. The van der Waals surface area contributed by atoms with Crippen LogP contribution in [0.1, 0.15) is 399 Å². The predicted molar refractivity (Wildman–Crippen MR) is 343 cm³/mol. The van der Waals surface area contributed by atoms with Gasteiger partial charge in [0.25, 0.3) is 0 Å². The van der Waals surface area contributed by atoms with Gasteiger partial charge in [-0.25, -0.2) is 0 Å². The van der Waals surface area contributed by atoms with Gasteiger partial charge in [-0.1, -0.05) is 353 Å². The zero-order valence-corrected chi connectivity index (χ0v) is 52.9. The molecular weight excluding hydrogens is 959 g/mol. The van der Waals surface area contributed by atoms with Gasteiger partial charge in [0.2, 0.25) is 5.91 Å². The van der Waals surface area contributed by atoms with Crippen LogP contribution in [0.5, 0.6) is 0 Å². The Balaban J connectivity index is 3.38. The Morgan fingerprint density at radius 2 is 0.603 bits per heavy atom. The first-order chi connectivity index (χ1) is 38.5. The molecule has 462 valence electrons. The third-order valence-electron chi connectivity index (χ3n) is 16.7. The van der Waals surface area contributed by atoms with Gasteiger partial charge >= 0.3 is 5.97 Å². The maximum Gasteiger partial charge on any atom is 0.305 e. The summed E-state index contributed by atoms with van der Waals surface area (Å²) in [7, 11) is 0. The minimum absolute atomic E-state index is 0.0197. The molecule has 0 saturated carbocycles. The highest BCUT2D eigenvalue weighted by molar-refractivity contribution is 5.76. The fraction of sp³-hybridized carbons (Fsp3) is 0.917. The van der Waals surface area contributed by atoms with Crippen molar-refractivity contribution >= 4 is 11.9 Å². The number of carbonyl (C=O) groups excluding carboxylic acids is 2. The number of ether oxygens (including phenoxy) is 1. The highest BCUT2D eigenvalue weighted by atomic mass is 16.5. The molecule has 0 saturated heterocycles. The van der Waals surface area contributed by atoms with E-state index in [0.717, 1.165) is 38.5 Å². The first kappa shape index (κ1) is 76.3. The summed E-state index contributed by atoms with van der Waals surface area (Å²) in [6, 6.07) is -0.628. The number of carbonyl (C=O) groups is 2. The lowest BCUT2D eigenvalue weighted by molar-refractivity contribution is -0.143. The zero-order valence-electron chi connectivity index (χ0n) is 52.9. The van der Waals surface area contributed by atoms with Gasteiger partial charge in [-0.05, 0) is 57.8 Å². The summed E-state index contributed by atoms with van der Waals surface area (Å²) in [6.07, 6.45) is 85.4. The van der Waals surface area contributed by atoms with Crippen molar-refractivity contribution < 1.29 is 24.5 Å². The van der Waals surface area contributed by atoms with Crippen molar-refractivity contribution in [1.29, 1.82) is 0 Å². The van der Waals surface area contributed by atoms with Crippen molar-refractivity contribution in [3.05, 3.63) is 24.3 Å². The fourth-order valence-electron chi connectivity index (χ4n) is 11.3. The van der Waals surface area contributed by atoms with Crippen LogP contribution in [0.3, 0.4) is 0 Å². The number of hydrogen-bond donors (Lipinski definition) is 3. The molecule has 6 heteroatoms. The summed E-state index contributed by atoms with van der Waals surface area (Å²) in [6.45, 7) is 4.95. The summed E-state index contributed by atoms with van der Waals surface area (Å²) < 4.78 is 5.50. The van der Waals surface area contributed by atoms with Crippen LogP contribution in [0.15, 0.2) is 24.3 Å². The van der Waals surface area contributed by atoms with Gasteiger partial charge in [-0.2, -0.15) is 0 Å². The van der Waals surface area contributed by atoms with Gasteiger partial charge in [0.05, 0.1) is 25.4 Å². The van der Waals surface area contributed by atoms with Gasteiger partial charge in [0.15, 0.2) is 0 Å². The fourth-order valence-corrected chi connectivity index (χ4v) is 11.3. The molecule has 0 rings (SSSR count). The van der Waals surface area contributed by atoms with Gasteiger partial charge < -0.3 is 20.3 Å². The van der Waals surface area contributed by atoms with E-state index in [-0.39, 0.29) is 18.5 Å². The molecule has 6 nitrogen and oxygen atoms in total. The maximum atomic E-state index is 12.5. The minimum atomic E-state index is -0.844. The Hall–Kier alpha value is -1.66. The summed E-state index contributed by atoms with van der Waals surface area (Å²) in [5, 5.41) is 23.2. The third-order valence-corrected chi connectivity index (χ3v) is 16.7. The number of allylic oxidation sites excluding steroid dienone is 3. The Morgan fingerprint density at radius 3 is 0.910 bits per heavy atom. The number of amides is 1. The molecule has 78 heavy (non-hydrogen) atoms. The first-order valence-electron chi connectivity index (χ1n) is 35.6. The normalized spacial score (nSPS) is 12.6. The van der Waals surface area contributed by atoms with E-state index in [9.17, 15) is 19.8 Å². The van der Waals surface area contributed by atoms with Crippen molar-refractivity contribution in [1.82, 2.24) is 5.32 Å². The second-order valence-electron chi connectivity index (χ2n) is 24.6. The number of unbranched alkanes of at least 4 members (excludes halogenated alkanes) is 54. The van der Waals surface area contributed by atoms with E-state index in [1.165, 1.54) is 334 Å². The lowest BCUT2D eigenvalue weighted by Gasteiger charge is -2.20. The minimum Gasteiger partial charge on any atom is -0.466 e. The van der Waals surface area contributed by atoms with Crippen molar-refractivity contribution in [2.24, 2.45) is 0 Å². The van der Waals surface area contributed by atoms with Crippen LogP contribution < -0.4 is 5.32 Å². The Labute approximate surface area is 488 Å². The molecule has 0 aliphatic heterocycles. The molecule has 0 aromatic rings. The van der Waals surface area contributed by atoms with E-state index >= 15 is 0 Å². The molecule has 1 amide bonds. The molecule has 0 spiro atoms. The smallest absolute Gasteiger partial charge is 0.305 e. The second kappa shape index (κ2) is 67.8. The van der Waals surface area contributed by atoms with Crippen molar-refractivity contribution in [3.8, 4) is 0 Å². The monoisotopic (exact) mass is 1100 g/mol. The molecule has 0 aliphatic rings. The number of hydrogen-bond acceptors (Lipinski definition) is 5. The summed E-state index contributed by atoms with van der Waals surface area (Å²) in [4.78, 5) is 24.6. The molecule has 0 bridgehead atoms. The van der Waals surface area contributed by atoms with Crippen LogP contribution in [-0.2, 0) is 14.3 Å². The molecule has 0 heterocycles. The molecule has 0 aromatic heterocycles. The number of nitrogens with one attached hydrogen (secondary N) is 1. The summed E-state index contributed by atoms with van der Waals surface area (Å²) in [5.41, 5.74) is 0. The highest BCUT2D eigenvalue weighted by Crippen LogP contribution is 2.19. The summed E-state index contributed by atoms with van der Waals surface area (Å²) >= 11 is 0. The lowest BCUT2D eigenvalue weighted by atomic mass is 10.0. The van der Waals surface area contributed by atoms with Crippen LogP contribution in [0.2, 0.25) is 0 Å². The van der Waals surface area contributed by atoms with Crippen LogP contribution >= 0.6 is 0 Å². The van der Waals surface area contributed by atoms with E-state index in [4.69, 9.17) is 4.74 Å². The highest BCUT2D eigenvalue weighted by Gasteiger charge is 2.18. The van der Waals surface area contributed by atoms with Crippen LogP contribution in [-0.4, -0.2) is 47.4 Å². The van der Waals surface area contributed by atoms with E-state index < -0.39 is 12.1 Å². The SMILES string of the molecule is CCCCCCCCCCCCCCCCC/C=C/C(O)C(CO)NC(=O)CCCCCCCCCCCCCC/C=C\CCCCCCCCCCCCCCOC(=O)CCCCCCCCCCCCCCCCCC. The van der Waals surface area contributed by atoms with Crippen LogP contribution in [0.4, 0.5) is 0 Å². The third kappa shape index (κ3) is 63.5. The quantitative estimate of drug-likeness (QED) is 0.0320. The Bertz CT molecular complexity index is 1220. The standard InChI is InChI=1S/C72H139NO5/c1-3-5-7-9-11-13-15-17-19-33-36-40-44-48-52-56-60-64-70(75)69(68-74)73-71(76)65-61-57-53-49-45-41-37-34-31-29-27-25-23-21-22-24-26-28-30-32-35-39-43-47-51-55-59-63-67-78-72(77)66-62-58-54-50-46-42-38-20-18-16-14-12-10-8-6-4-2/h21-22,60,64,69-70,74-75H,3-20,23-59,61-63,65-68H2,1-2H3,(H,73,76)/b22-21-,64-60+. The number of aliphatic hydroxyl groups is 2. The molecular formula is C72H139NO5. The molecule has 0 aromatic carbocycles. The topological polar surface area (TPSA) is 95.9 Å². The van der Waals surface area contributed by atoms with Gasteiger partial charge in [0, 0.05) is 12.8 Å². The van der Waals surface area contributed by atoms with Gasteiger partial charge in [0.1, 0.15) is 0 Å². The lowest BCUT2D eigenvalue weighted by Crippen LogP contribution is -2.45. The molecule has 0 aliphatic carbocycles. The zero-order chi connectivity index (χ0) is 56.4. The van der Waals surface area contributed by atoms with E-state index in [0.29, 0.717) is 19.4 Å². The Kier molecular flexibility index (Phi) is 66.4. The molecule has 0 radical (unpaired) electrons. The molecule has 0 fully saturated rings. The number of esters is 1. The van der Waals surface area contributed by atoms with Gasteiger partial charge in [-0.3, -0.25) is 9.59 Å². The number of rotatable bonds is 67. The maximum absolute atomic E-state index is 12.5. The van der Waals surface area contributed by atoms with E-state index in [1.807, 2.05) is 6.08 Å². The molecule has 2 unspecified atom stereocenters. The van der Waals surface area contributed by atoms with E-state index in [2.05, 4.69) is 31.3 Å². The van der Waals surface area contributed by atoms with Gasteiger partial charge in [-0.15, -0.1) is 0 Å². The average molecular weight is 1100 g/mol. The van der Waals surface area contributed by atoms with E-state index in [1.54, 1.807) is 6.08 Å².